The Morgan fingerprint density at radius 3 is 2.31 bits per heavy atom. The van der Waals surface area contributed by atoms with Gasteiger partial charge in [-0.3, -0.25) is 0 Å². The van der Waals surface area contributed by atoms with Gasteiger partial charge in [-0.15, -0.1) is 0 Å². The van der Waals surface area contributed by atoms with Crippen LogP contribution in [-0.4, -0.2) is 4.98 Å². The van der Waals surface area contributed by atoms with Gasteiger partial charge in [0.15, 0.2) is 5.69 Å². The molecule has 1 rings (SSSR count). The Hall–Kier alpha value is -1.42. The first kappa shape index (κ1) is 12.6. The highest BCUT2D eigenvalue weighted by Crippen LogP contribution is 2.40. The second kappa shape index (κ2) is 4.22. The standard InChI is InChI=1S/C8H2ClF5N2/c9-3-2-16-4(1-15)6(8(12,13)14)5(3)7(10)11/h2,7H. The first-order valence-electron chi connectivity index (χ1n) is 3.73. The van der Waals surface area contributed by atoms with Crippen LogP contribution in [0.1, 0.15) is 23.2 Å². The molecule has 0 unspecified atom stereocenters. The molecule has 86 valence electrons. The van der Waals surface area contributed by atoms with E-state index in [4.69, 9.17) is 16.9 Å². The SMILES string of the molecule is N#Cc1ncc(Cl)c(C(F)F)c1C(F)(F)F. The zero-order valence-corrected chi connectivity index (χ0v) is 8.07. The van der Waals surface area contributed by atoms with Gasteiger partial charge in [-0.25, -0.2) is 13.8 Å². The maximum Gasteiger partial charge on any atom is 0.419 e. The molecule has 0 amide bonds. The van der Waals surface area contributed by atoms with Gasteiger partial charge in [-0.05, 0) is 0 Å². The smallest absolute Gasteiger partial charge is 0.243 e. The number of rotatable bonds is 1. The summed E-state index contributed by atoms with van der Waals surface area (Å²) in [6.45, 7) is 0. The first-order valence-corrected chi connectivity index (χ1v) is 4.10. The Morgan fingerprint density at radius 2 is 1.94 bits per heavy atom. The third-order valence-electron chi connectivity index (χ3n) is 1.68. The highest BCUT2D eigenvalue weighted by atomic mass is 35.5. The molecule has 0 N–H and O–H groups in total. The normalized spacial score (nSPS) is 11.6. The predicted octanol–water partition coefficient (Wildman–Crippen LogP) is 3.56. The maximum absolute atomic E-state index is 12.5. The van der Waals surface area contributed by atoms with Crippen molar-refractivity contribution >= 4 is 11.6 Å². The number of nitriles is 1. The molecule has 0 saturated carbocycles. The van der Waals surface area contributed by atoms with Gasteiger partial charge >= 0.3 is 6.18 Å². The van der Waals surface area contributed by atoms with E-state index in [0.717, 1.165) is 6.07 Å². The van der Waals surface area contributed by atoms with Gasteiger partial charge in [0.2, 0.25) is 0 Å². The van der Waals surface area contributed by atoms with Gasteiger partial charge in [0.05, 0.1) is 10.6 Å². The van der Waals surface area contributed by atoms with Crippen molar-refractivity contribution in [1.29, 1.82) is 5.26 Å². The van der Waals surface area contributed by atoms with Crippen molar-refractivity contribution in [2.24, 2.45) is 0 Å². The van der Waals surface area contributed by atoms with E-state index in [0.29, 0.717) is 6.20 Å². The minimum absolute atomic E-state index is 0.594. The molecule has 0 fully saturated rings. The van der Waals surface area contributed by atoms with Gasteiger partial charge in [-0.2, -0.15) is 18.4 Å². The molecule has 0 aliphatic rings. The molecular formula is C8H2ClF5N2. The van der Waals surface area contributed by atoms with Crippen LogP contribution in [0.2, 0.25) is 5.02 Å². The van der Waals surface area contributed by atoms with E-state index in [2.05, 4.69) is 4.98 Å². The van der Waals surface area contributed by atoms with Crippen LogP contribution in [-0.2, 0) is 6.18 Å². The topological polar surface area (TPSA) is 36.7 Å². The van der Waals surface area contributed by atoms with Crippen molar-refractivity contribution in [3.05, 3.63) is 28.0 Å². The van der Waals surface area contributed by atoms with Crippen LogP contribution >= 0.6 is 11.6 Å². The summed E-state index contributed by atoms with van der Waals surface area (Å²) in [5, 5.41) is 7.56. The van der Waals surface area contributed by atoms with E-state index in [9.17, 15) is 22.0 Å². The lowest BCUT2D eigenvalue weighted by Gasteiger charge is -2.14. The molecule has 0 saturated heterocycles. The fourth-order valence-electron chi connectivity index (χ4n) is 1.09. The summed E-state index contributed by atoms with van der Waals surface area (Å²) in [5.41, 5.74) is -4.31. The fraction of sp³-hybridized carbons (Fsp3) is 0.250. The van der Waals surface area contributed by atoms with Crippen LogP contribution in [0.3, 0.4) is 0 Å². The van der Waals surface area contributed by atoms with Crippen LogP contribution in [0, 0.1) is 11.3 Å². The van der Waals surface area contributed by atoms with Gasteiger partial charge in [0, 0.05) is 6.20 Å². The average molecular weight is 257 g/mol. The summed E-state index contributed by atoms with van der Waals surface area (Å²) in [5.74, 6) is 0. The monoisotopic (exact) mass is 256 g/mol. The molecule has 0 aliphatic heterocycles. The van der Waals surface area contributed by atoms with Crippen molar-refractivity contribution in [2.75, 3.05) is 0 Å². The molecule has 2 nitrogen and oxygen atoms in total. The molecule has 1 heterocycles. The predicted molar refractivity (Wildman–Crippen MR) is 43.9 cm³/mol. The second-order valence-electron chi connectivity index (χ2n) is 2.65. The summed E-state index contributed by atoms with van der Waals surface area (Å²) in [6.07, 6.45) is -7.94. The Bertz CT molecular complexity index is 449. The Morgan fingerprint density at radius 1 is 1.38 bits per heavy atom. The lowest BCUT2D eigenvalue weighted by molar-refractivity contribution is -0.140. The molecule has 0 atom stereocenters. The van der Waals surface area contributed by atoms with Crippen LogP contribution in [0.5, 0.6) is 0 Å². The molecule has 16 heavy (non-hydrogen) atoms. The quantitative estimate of drug-likeness (QED) is 0.720. The molecular weight excluding hydrogens is 255 g/mol. The summed E-state index contributed by atoms with van der Waals surface area (Å²) in [6, 6.07) is 1.10. The van der Waals surface area contributed by atoms with E-state index in [1.807, 2.05) is 0 Å². The number of alkyl halides is 5. The van der Waals surface area contributed by atoms with E-state index in [1.165, 1.54) is 0 Å². The Kier molecular flexibility index (Phi) is 3.33. The summed E-state index contributed by atoms with van der Waals surface area (Å²) in [7, 11) is 0. The molecule has 0 radical (unpaired) electrons. The van der Waals surface area contributed by atoms with E-state index >= 15 is 0 Å². The molecule has 1 aromatic heterocycles. The van der Waals surface area contributed by atoms with E-state index in [-0.39, 0.29) is 0 Å². The van der Waals surface area contributed by atoms with E-state index in [1.54, 1.807) is 0 Å². The fourth-order valence-corrected chi connectivity index (χ4v) is 1.31. The molecule has 0 spiro atoms. The second-order valence-corrected chi connectivity index (χ2v) is 3.06. The number of aromatic nitrogens is 1. The zero-order chi connectivity index (χ0) is 12.5. The van der Waals surface area contributed by atoms with Gasteiger partial charge in [0.1, 0.15) is 11.6 Å². The number of hydrogen-bond acceptors (Lipinski definition) is 2. The zero-order valence-electron chi connectivity index (χ0n) is 7.32. The maximum atomic E-state index is 12.5. The van der Waals surface area contributed by atoms with Crippen molar-refractivity contribution in [3.63, 3.8) is 0 Å². The lowest BCUT2D eigenvalue weighted by atomic mass is 10.1. The average Bonchev–Trinajstić information content (AvgIpc) is 2.15. The molecule has 0 bridgehead atoms. The van der Waals surface area contributed by atoms with Gasteiger partial charge in [0.25, 0.3) is 6.43 Å². The summed E-state index contributed by atoms with van der Waals surface area (Å²) < 4.78 is 62.2. The van der Waals surface area contributed by atoms with Crippen LogP contribution in [0.25, 0.3) is 0 Å². The summed E-state index contributed by atoms with van der Waals surface area (Å²) >= 11 is 5.21. The molecule has 0 aromatic carbocycles. The molecule has 0 aliphatic carbocycles. The van der Waals surface area contributed by atoms with Gasteiger partial charge < -0.3 is 0 Å². The van der Waals surface area contributed by atoms with Crippen LogP contribution in [0.15, 0.2) is 6.20 Å². The third kappa shape index (κ3) is 2.22. The Balaban J connectivity index is 3.64. The minimum atomic E-state index is -5.10. The number of halogens is 6. The lowest BCUT2D eigenvalue weighted by Crippen LogP contribution is -2.14. The number of hydrogen-bond donors (Lipinski definition) is 0. The largest absolute Gasteiger partial charge is 0.419 e. The Labute approximate surface area is 91.3 Å². The third-order valence-corrected chi connectivity index (χ3v) is 1.98. The summed E-state index contributed by atoms with van der Waals surface area (Å²) in [4.78, 5) is 3.06. The molecule has 8 heteroatoms. The highest BCUT2D eigenvalue weighted by Gasteiger charge is 2.40. The van der Waals surface area contributed by atoms with Gasteiger partial charge in [-0.1, -0.05) is 11.6 Å². The number of pyridine rings is 1. The van der Waals surface area contributed by atoms with E-state index < -0.39 is 34.4 Å². The van der Waals surface area contributed by atoms with Crippen molar-refractivity contribution in [3.8, 4) is 6.07 Å². The first-order chi connectivity index (χ1) is 7.29. The van der Waals surface area contributed by atoms with Crippen molar-refractivity contribution in [1.82, 2.24) is 4.98 Å². The minimum Gasteiger partial charge on any atom is -0.243 e. The van der Waals surface area contributed by atoms with Crippen molar-refractivity contribution < 1.29 is 22.0 Å². The highest BCUT2D eigenvalue weighted by molar-refractivity contribution is 6.31. The van der Waals surface area contributed by atoms with Crippen LogP contribution < -0.4 is 0 Å². The van der Waals surface area contributed by atoms with Crippen LogP contribution in [0.4, 0.5) is 22.0 Å². The molecule has 1 aromatic rings. The number of nitrogens with zero attached hydrogens (tertiary/aromatic N) is 2. The van der Waals surface area contributed by atoms with Crippen molar-refractivity contribution in [2.45, 2.75) is 12.6 Å².